The minimum Gasteiger partial charge on any atom is -0.377 e. The highest BCUT2D eigenvalue weighted by atomic mass is 16.5. The lowest BCUT2D eigenvalue weighted by atomic mass is 9.91. The molecular formula is C17H30N2O. The smallest absolute Gasteiger partial charge is 0.0597 e. The Morgan fingerprint density at radius 1 is 1.25 bits per heavy atom. The molecule has 0 aliphatic carbocycles. The topological polar surface area (TPSA) is 38.5 Å². The molecular weight excluding hydrogens is 248 g/mol. The van der Waals surface area contributed by atoms with Crippen molar-refractivity contribution in [1.82, 2.24) is 4.90 Å². The van der Waals surface area contributed by atoms with Crippen LogP contribution in [-0.4, -0.2) is 43.3 Å². The molecule has 3 nitrogen and oxygen atoms in total. The average molecular weight is 278 g/mol. The highest BCUT2D eigenvalue weighted by Gasteiger charge is 2.27. The van der Waals surface area contributed by atoms with E-state index in [1.54, 1.807) is 0 Å². The van der Waals surface area contributed by atoms with Crippen molar-refractivity contribution in [1.29, 1.82) is 0 Å². The molecule has 0 radical (unpaired) electrons. The van der Waals surface area contributed by atoms with Crippen LogP contribution in [0.4, 0.5) is 0 Å². The van der Waals surface area contributed by atoms with Gasteiger partial charge in [-0.1, -0.05) is 30.3 Å². The summed E-state index contributed by atoms with van der Waals surface area (Å²) in [5.41, 5.74) is 7.42. The number of hydrogen-bond acceptors (Lipinski definition) is 3. The molecule has 0 saturated heterocycles. The van der Waals surface area contributed by atoms with E-state index in [4.69, 9.17) is 10.5 Å². The molecule has 1 unspecified atom stereocenters. The van der Waals surface area contributed by atoms with Crippen molar-refractivity contribution in [2.45, 2.75) is 45.3 Å². The zero-order valence-electron chi connectivity index (χ0n) is 13.4. The first-order chi connectivity index (χ1) is 9.48. The summed E-state index contributed by atoms with van der Waals surface area (Å²) < 4.78 is 5.63. The maximum Gasteiger partial charge on any atom is 0.0597 e. The second kappa shape index (κ2) is 8.40. The Balaban J connectivity index is 2.48. The van der Waals surface area contributed by atoms with Gasteiger partial charge in [-0.3, -0.25) is 4.90 Å². The van der Waals surface area contributed by atoms with E-state index in [0.717, 1.165) is 26.0 Å². The largest absolute Gasteiger partial charge is 0.377 e. The van der Waals surface area contributed by atoms with Crippen LogP contribution in [0.3, 0.4) is 0 Å². The number of nitrogens with two attached hydrogens (primary N) is 1. The highest BCUT2D eigenvalue weighted by Crippen LogP contribution is 2.19. The Morgan fingerprint density at radius 3 is 2.45 bits per heavy atom. The fourth-order valence-electron chi connectivity index (χ4n) is 2.20. The second-order valence-corrected chi connectivity index (χ2v) is 6.03. The highest BCUT2D eigenvalue weighted by molar-refractivity contribution is 5.15. The molecule has 1 rings (SSSR count). The van der Waals surface area contributed by atoms with Gasteiger partial charge in [-0.2, -0.15) is 0 Å². The van der Waals surface area contributed by atoms with Crippen LogP contribution >= 0.6 is 0 Å². The fourth-order valence-corrected chi connectivity index (χ4v) is 2.20. The molecule has 0 aliphatic rings. The summed E-state index contributed by atoms with van der Waals surface area (Å²) in [6.07, 6.45) is 2.41. The zero-order valence-corrected chi connectivity index (χ0v) is 13.4. The zero-order chi connectivity index (χ0) is 15.0. The van der Waals surface area contributed by atoms with Crippen molar-refractivity contribution in [3.63, 3.8) is 0 Å². The van der Waals surface area contributed by atoms with Gasteiger partial charge in [0.1, 0.15) is 0 Å². The van der Waals surface area contributed by atoms with Gasteiger partial charge < -0.3 is 10.5 Å². The Kier molecular flexibility index (Phi) is 7.20. The number of ether oxygens (including phenoxy) is 1. The van der Waals surface area contributed by atoms with Gasteiger partial charge in [-0.15, -0.1) is 0 Å². The molecule has 3 heteroatoms. The van der Waals surface area contributed by atoms with Crippen LogP contribution in [0.25, 0.3) is 0 Å². The first-order valence-corrected chi connectivity index (χ1v) is 7.55. The number of likely N-dealkylation sites (N-methyl/N-ethyl adjacent to an activating group) is 1. The summed E-state index contributed by atoms with van der Waals surface area (Å²) in [6, 6.07) is 10.6. The van der Waals surface area contributed by atoms with Gasteiger partial charge in [-0.25, -0.2) is 0 Å². The van der Waals surface area contributed by atoms with E-state index >= 15 is 0 Å². The summed E-state index contributed by atoms with van der Waals surface area (Å²) in [7, 11) is 2.14. The maximum atomic E-state index is 6.02. The molecule has 0 fully saturated rings. The normalized spacial score (nSPS) is 14.8. The Hall–Kier alpha value is -0.900. The van der Waals surface area contributed by atoms with Crippen molar-refractivity contribution < 1.29 is 4.74 Å². The molecule has 0 saturated carbocycles. The molecule has 0 bridgehead atoms. The SMILES string of the molecule is CC(C)OCCN(C)C(C)(CN)CCc1ccccc1. The number of benzene rings is 1. The fraction of sp³-hybridized carbons (Fsp3) is 0.647. The van der Waals surface area contributed by atoms with Crippen LogP contribution in [0.2, 0.25) is 0 Å². The molecule has 114 valence electrons. The molecule has 2 N–H and O–H groups in total. The van der Waals surface area contributed by atoms with Crippen LogP contribution in [0.1, 0.15) is 32.8 Å². The Morgan fingerprint density at radius 2 is 1.90 bits per heavy atom. The standard InChI is InChI=1S/C17H30N2O/c1-15(2)20-13-12-19(4)17(3,14-18)11-10-16-8-6-5-7-9-16/h5-9,15H,10-14,18H2,1-4H3. The maximum absolute atomic E-state index is 6.02. The van der Waals surface area contributed by atoms with Gasteiger partial charge in [-0.05, 0) is 46.2 Å². The van der Waals surface area contributed by atoms with Crippen molar-refractivity contribution in [3.8, 4) is 0 Å². The molecule has 1 atom stereocenters. The van der Waals surface area contributed by atoms with E-state index in [1.165, 1.54) is 5.56 Å². The third kappa shape index (κ3) is 5.61. The number of hydrogen-bond donors (Lipinski definition) is 1. The van der Waals surface area contributed by atoms with E-state index in [0.29, 0.717) is 6.54 Å². The van der Waals surface area contributed by atoms with Crippen LogP contribution in [0, 0.1) is 0 Å². The van der Waals surface area contributed by atoms with E-state index in [1.807, 2.05) is 0 Å². The summed E-state index contributed by atoms with van der Waals surface area (Å²) in [4.78, 5) is 2.33. The van der Waals surface area contributed by atoms with Crippen molar-refractivity contribution in [3.05, 3.63) is 35.9 Å². The van der Waals surface area contributed by atoms with E-state index < -0.39 is 0 Å². The monoisotopic (exact) mass is 278 g/mol. The second-order valence-electron chi connectivity index (χ2n) is 6.03. The molecule has 0 aliphatic heterocycles. The molecule has 0 amide bonds. The lowest BCUT2D eigenvalue weighted by Gasteiger charge is -2.38. The van der Waals surface area contributed by atoms with Gasteiger partial charge in [0.2, 0.25) is 0 Å². The third-order valence-corrected chi connectivity index (χ3v) is 4.03. The van der Waals surface area contributed by atoms with E-state index in [9.17, 15) is 0 Å². The Labute approximate surface area is 124 Å². The van der Waals surface area contributed by atoms with Crippen LogP contribution < -0.4 is 5.73 Å². The molecule has 0 heterocycles. The van der Waals surface area contributed by atoms with Crippen LogP contribution in [-0.2, 0) is 11.2 Å². The molecule has 1 aromatic rings. The number of nitrogens with zero attached hydrogens (tertiary/aromatic N) is 1. The summed E-state index contributed by atoms with van der Waals surface area (Å²) in [6.45, 7) is 8.72. The van der Waals surface area contributed by atoms with Gasteiger partial charge in [0.05, 0.1) is 12.7 Å². The lowest BCUT2D eigenvalue weighted by molar-refractivity contribution is 0.0373. The van der Waals surface area contributed by atoms with E-state index in [-0.39, 0.29) is 11.6 Å². The summed E-state index contributed by atoms with van der Waals surface area (Å²) in [5.74, 6) is 0. The van der Waals surface area contributed by atoms with Crippen LogP contribution in [0.5, 0.6) is 0 Å². The van der Waals surface area contributed by atoms with Gasteiger partial charge in [0.15, 0.2) is 0 Å². The van der Waals surface area contributed by atoms with Crippen molar-refractivity contribution in [2.24, 2.45) is 5.73 Å². The number of rotatable bonds is 9. The first kappa shape index (κ1) is 17.2. The van der Waals surface area contributed by atoms with Gasteiger partial charge in [0.25, 0.3) is 0 Å². The van der Waals surface area contributed by atoms with Crippen LogP contribution in [0.15, 0.2) is 30.3 Å². The minimum atomic E-state index is 0.0240. The molecule has 1 aromatic carbocycles. The van der Waals surface area contributed by atoms with Crippen molar-refractivity contribution >= 4 is 0 Å². The first-order valence-electron chi connectivity index (χ1n) is 7.55. The van der Waals surface area contributed by atoms with Gasteiger partial charge in [0, 0.05) is 18.6 Å². The summed E-state index contributed by atoms with van der Waals surface area (Å²) >= 11 is 0. The van der Waals surface area contributed by atoms with E-state index in [2.05, 4.69) is 63.1 Å². The quantitative estimate of drug-likeness (QED) is 0.755. The minimum absolute atomic E-state index is 0.0240. The lowest BCUT2D eigenvalue weighted by Crippen LogP contribution is -2.51. The third-order valence-electron chi connectivity index (χ3n) is 4.03. The average Bonchev–Trinajstić information content (AvgIpc) is 2.45. The molecule has 20 heavy (non-hydrogen) atoms. The number of aryl methyl sites for hydroxylation is 1. The Bertz CT molecular complexity index is 367. The molecule has 0 aromatic heterocycles. The summed E-state index contributed by atoms with van der Waals surface area (Å²) in [5, 5.41) is 0. The van der Waals surface area contributed by atoms with Gasteiger partial charge >= 0.3 is 0 Å². The van der Waals surface area contributed by atoms with Crippen molar-refractivity contribution in [2.75, 3.05) is 26.7 Å². The predicted octanol–water partition coefficient (Wildman–Crippen LogP) is 2.69. The predicted molar refractivity (Wildman–Crippen MR) is 85.9 cm³/mol. The molecule has 0 spiro atoms.